The predicted octanol–water partition coefficient (Wildman–Crippen LogP) is 5.10. The summed E-state index contributed by atoms with van der Waals surface area (Å²) in [7, 11) is -3.95. The number of aromatic nitrogens is 1. The van der Waals surface area contributed by atoms with Gasteiger partial charge in [-0.2, -0.15) is 17.5 Å². The molecule has 0 aliphatic carbocycles. The Kier molecular flexibility index (Phi) is 7.46. The first kappa shape index (κ1) is 26.5. The molecule has 1 aromatic heterocycles. The highest BCUT2D eigenvalue weighted by molar-refractivity contribution is 7.89. The number of hydrogen-bond donors (Lipinski definition) is 1. The molecule has 0 spiro atoms. The van der Waals surface area contributed by atoms with Crippen LogP contribution in [0, 0.1) is 6.92 Å². The molecule has 0 bridgehead atoms. The summed E-state index contributed by atoms with van der Waals surface area (Å²) in [6, 6.07) is 10.2. The molecule has 0 radical (unpaired) electrons. The number of ether oxygens (including phenoxy) is 2. The van der Waals surface area contributed by atoms with Crippen LogP contribution in [0.2, 0.25) is 0 Å². The second kappa shape index (κ2) is 10.4. The van der Waals surface area contributed by atoms with E-state index in [0.717, 1.165) is 16.4 Å². The summed E-state index contributed by atoms with van der Waals surface area (Å²) >= 11 is 0. The molecule has 2 aromatic carbocycles. The van der Waals surface area contributed by atoms with E-state index in [1.54, 1.807) is 6.92 Å². The molecular weight excluding hydrogens is 517 g/mol. The van der Waals surface area contributed by atoms with Crippen LogP contribution in [0.3, 0.4) is 0 Å². The molecular formula is C24H23F3N2O7S. The summed E-state index contributed by atoms with van der Waals surface area (Å²) in [5.74, 6) is 1.11. The lowest BCUT2D eigenvalue weighted by Gasteiger charge is -2.22. The second-order valence-corrected chi connectivity index (χ2v) is 10.2. The molecule has 37 heavy (non-hydrogen) atoms. The van der Waals surface area contributed by atoms with Crippen molar-refractivity contribution < 1.29 is 45.4 Å². The molecule has 9 nitrogen and oxygen atoms in total. The molecule has 1 aliphatic rings. The maximum absolute atomic E-state index is 12.9. The Bertz CT molecular complexity index is 1350. The standard InChI is InChI=1S/C24H23F3N2O7S/c1-15-20(28-22(35-15)16-4-6-17(7-5-16)24(25,26)27)12-14-34-18-8-10-19(11-9-18)37(32,33)29-13-2-3-21(29)36-23(30)31/h4-11,21H,2-3,12-14H2,1H3,(H,30,31)/t21-/m1/s1. The lowest BCUT2D eigenvalue weighted by molar-refractivity contribution is -0.137. The van der Waals surface area contributed by atoms with Gasteiger partial charge in [0.05, 0.1) is 22.8 Å². The predicted molar refractivity (Wildman–Crippen MR) is 123 cm³/mol. The smallest absolute Gasteiger partial charge is 0.493 e. The van der Waals surface area contributed by atoms with Gasteiger partial charge in [-0.05, 0) is 61.9 Å². The maximum Gasteiger partial charge on any atom is 0.507 e. The van der Waals surface area contributed by atoms with Crippen LogP contribution in [0.1, 0.15) is 29.9 Å². The van der Waals surface area contributed by atoms with Crippen molar-refractivity contribution in [1.82, 2.24) is 9.29 Å². The number of carboxylic acid groups (broad SMARTS) is 1. The molecule has 1 aliphatic heterocycles. The first-order valence-electron chi connectivity index (χ1n) is 11.2. The van der Waals surface area contributed by atoms with E-state index in [2.05, 4.69) is 9.72 Å². The van der Waals surface area contributed by atoms with Crippen molar-refractivity contribution in [3.63, 3.8) is 0 Å². The fourth-order valence-electron chi connectivity index (χ4n) is 3.91. The van der Waals surface area contributed by atoms with E-state index in [9.17, 15) is 26.4 Å². The quantitative estimate of drug-likeness (QED) is 0.392. The minimum Gasteiger partial charge on any atom is -0.493 e. The maximum atomic E-state index is 12.9. The summed E-state index contributed by atoms with van der Waals surface area (Å²) in [6.45, 7) is 2.03. The fraction of sp³-hybridized carbons (Fsp3) is 0.333. The van der Waals surface area contributed by atoms with Gasteiger partial charge in [0, 0.05) is 24.9 Å². The zero-order valence-electron chi connectivity index (χ0n) is 19.6. The molecule has 1 fully saturated rings. The van der Waals surface area contributed by atoms with E-state index in [4.69, 9.17) is 14.3 Å². The lowest BCUT2D eigenvalue weighted by atomic mass is 10.1. The minimum absolute atomic E-state index is 0.0192. The normalized spacial score (nSPS) is 16.6. The van der Waals surface area contributed by atoms with Crippen LogP contribution in [0.4, 0.5) is 18.0 Å². The van der Waals surface area contributed by atoms with Crippen molar-refractivity contribution in [3.8, 4) is 17.2 Å². The van der Waals surface area contributed by atoms with Crippen LogP contribution >= 0.6 is 0 Å². The Labute approximate surface area is 210 Å². The van der Waals surface area contributed by atoms with Crippen molar-refractivity contribution in [3.05, 3.63) is 65.5 Å². The van der Waals surface area contributed by atoms with Gasteiger partial charge in [0.15, 0.2) is 6.23 Å². The fourth-order valence-corrected chi connectivity index (χ4v) is 5.49. The largest absolute Gasteiger partial charge is 0.507 e. The third-order valence-electron chi connectivity index (χ3n) is 5.78. The molecule has 198 valence electrons. The summed E-state index contributed by atoms with van der Waals surface area (Å²) in [5, 5.41) is 8.83. The molecule has 13 heteroatoms. The van der Waals surface area contributed by atoms with Gasteiger partial charge >= 0.3 is 12.3 Å². The zero-order chi connectivity index (χ0) is 26.8. The van der Waals surface area contributed by atoms with E-state index in [0.29, 0.717) is 35.6 Å². The molecule has 0 saturated carbocycles. The lowest BCUT2D eigenvalue weighted by Crippen LogP contribution is -2.38. The number of nitrogens with zero attached hydrogens (tertiary/aromatic N) is 2. The molecule has 1 saturated heterocycles. The number of oxazole rings is 1. The average Bonchev–Trinajstić information content (AvgIpc) is 3.45. The third kappa shape index (κ3) is 6.05. The zero-order valence-corrected chi connectivity index (χ0v) is 20.4. The Morgan fingerprint density at radius 1 is 1.16 bits per heavy atom. The van der Waals surface area contributed by atoms with Crippen molar-refractivity contribution >= 4 is 16.2 Å². The number of benzene rings is 2. The van der Waals surface area contributed by atoms with Gasteiger partial charge in [-0.25, -0.2) is 18.2 Å². The monoisotopic (exact) mass is 540 g/mol. The number of hydrogen-bond acceptors (Lipinski definition) is 7. The molecule has 1 N–H and O–H groups in total. The number of aryl methyl sites for hydroxylation is 1. The minimum atomic E-state index is -4.43. The van der Waals surface area contributed by atoms with Crippen molar-refractivity contribution in [2.75, 3.05) is 13.2 Å². The van der Waals surface area contributed by atoms with E-state index < -0.39 is 34.1 Å². The SMILES string of the molecule is Cc1oc(-c2ccc(C(F)(F)F)cc2)nc1CCOc1ccc(S(=O)(=O)N2CCC[C@H]2OC(=O)O)cc1. The van der Waals surface area contributed by atoms with E-state index in [1.165, 1.54) is 36.4 Å². The number of carbonyl (C=O) groups is 1. The topological polar surface area (TPSA) is 119 Å². The number of rotatable bonds is 8. The Morgan fingerprint density at radius 2 is 1.84 bits per heavy atom. The van der Waals surface area contributed by atoms with Crippen LogP contribution in [-0.4, -0.2) is 48.3 Å². The van der Waals surface area contributed by atoms with E-state index in [1.807, 2.05) is 0 Å². The van der Waals surface area contributed by atoms with Crippen molar-refractivity contribution in [2.24, 2.45) is 0 Å². The van der Waals surface area contributed by atoms with Gasteiger partial charge in [-0.15, -0.1) is 0 Å². The first-order valence-corrected chi connectivity index (χ1v) is 12.7. The summed E-state index contributed by atoms with van der Waals surface area (Å²) in [6.07, 6.45) is -5.91. The Balaban J connectivity index is 1.36. The van der Waals surface area contributed by atoms with Gasteiger partial charge in [0.1, 0.15) is 11.5 Å². The number of halogens is 3. The molecule has 4 rings (SSSR count). The van der Waals surface area contributed by atoms with E-state index >= 15 is 0 Å². The Morgan fingerprint density at radius 3 is 2.46 bits per heavy atom. The van der Waals surface area contributed by atoms with Crippen LogP contribution in [0.5, 0.6) is 5.75 Å². The third-order valence-corrected chi connectivity index (χ3v) is 7.68. The van der Waals surface area contributed by atoms with Crippen LogP contribution < -0.4 is 4.74 Å². The van der Waals surface area contributed by atoms with Crippen molar-refractivity contribution in [2.45, 2.75) is 43.5 Å². The van der Waals surface area contributed by atoms with Crippen molar-refractivity contribution in [1.29, 1.82) is 0 Å². The Hall–Kier alpha value is -3.58. The highest BCUT2D eigenvalue weighted by Gasteiger charge is 2.37. The van der Waals surface area contributed by atoms with Crippen LogP contribution in [0.25, 0.3) is 11.5 Å². The summed E-state index contributed by atoms with van der Waals surface area (Å²) < 4.78 is 81.1. The van der Waals surface area contributed by atoms with E-state index in [-0.39, 0.29) is 30.4 Å². The second-order valence-electron chi connectivity index (χ2n) is 8.26. The summed E-state index contributed by atoms with van der Waals surface area (Å²) in [5.41, 5.74) is 0.225. The van der Waals surface area contributed by atoms with Crippen LogP contribution in [0.15, 0.2) is 57.8 Å². The highest BCUT2D eigenvalue weighted by atomic mass is 32.2. The van der Waals surface area contributed by atoms with Gasteiger partial charge < -0.3 is 19.0 Å². The first-order chi connectivity index (χ1) is 17.4. The number of alkyl halides is 3. The van der Waals surface area contributed by atoms with Gasteiger partial charge in [-0.3, -0.25) is 0 Å². The van der Waals surface area contributed by atoms with Gasteiger partial charge in [0.2, 0.25) is 15.9 Å². The average molecular weight is 541 g/mol. The summed E-state index contributed by atoms with van der Waals surface area (Å²) in [4.78, 5) is 15.2. The molecule has 0 amide bonds. The molecule has 0 unspecified atom stereocenters. The highest BCUT2D eigenvalue weighted by Crippen LogP contribution is 2.31. The van der Waals surface area contributed by atoms with Gasteiger partial charge in [-0.1, -0.05) is 0 Å². The molecule has 3 aromatic rings. The van der Waals surface area contributed by atoms with Crippen LogP contribution in [-0.2, 0) is 27.4 Å². The number of sulfonamides is 1. The van der Waals surface area contributed by atoms with Gasteiger partial charge in [0.25, 0.3) is 0 Å². The molecule has 2 heterocycles. The molecule has 1 atom stereocenters.